The fraction of sp³-hybridized carbons (Fsp3) is 0.444. The third-order valence-corrected chi connectivity index (χ3v) is 4.33. The number of amides is 1. The number of hydrogen-bond donors (Lipinski definition) is 1. The maximum Gasteiger partial charge on any atom is 0.419 e. The molecule has 0 saturated heterocycles. The molecule has 122 valence electrons. The fourth-order valence-corrected chi connectivity index (χ4v) is 3.01. The molecule has 0 spiro atoms. The summed E-state index contributed by atoms with van der Waals surface area (Å²) in [5.74, 6) is -0.143. The Morgan fingerprint density at radius 3 is 2.61 bits per heavy atom. The molecule has 1 aliphatic carbocycles. The molecule has 0 aliphatic heterocycles. The molecule has 1 saturated carbocycles. The Kier molecular flexibility index (Phi) is 4.65. The van der Waals surface area contributed by atoms with E-state index in [-0.39, 0.29) is 18.5 Å². The number of nitrogens with zero attached hydrogens (tertiary/aromatic N) is 1. The van der Waals surface area contributed by atoms with Crippen molar-refractivity contribution in [3.05, 3.63) is 46.6 Å². The number of carbonyl (C=O) groups is 1. The third kappa shape index (κ3) is 3.92. The van der Waals surface area contributed by atoms with Gasteiger partial charge in [0, 0.05) is 11.6 Å². The van der Waals surface area contributed by atoms with Gasteiger partial charge in [0.15, 0.2) is 5.76 Å². The van der Waals surface area contributed by atoms with Gasteiger partial charge >= 0.3 is 5.76 Å². The first-order valence-corrected chi connectivity index (χ1v) is 8.18. The van der Waals surface area contributed by atoms with Gasteiger partial charge in [-0.2, -0.15) is 0 Å². The van der Waals surface area contributed by atoms with Gasteiger partial charge in [-0.05, 0) is 19.8 Å². The molecule has 3 rings (SSSR count). The maximum absolute atomic E-state index is 12.1. The van der Waals surface area contributed by atoms with Crippen LogP contribution in [-0.2, 0) is 11.3 Å². The van der Waals surface area contributed by atoms with E-state index in [1.807, 2.05) is 31.2 Å². The zero-order chi connectivity index (χ0) is 16.2. The number of carbonyl (C=O) groups excluding carboxylic acids is 1. The van der Waals surface area contributed by atoms with Crippen molar-refractivity contribution in [1.29, 1.82) is 0 Å². The Balaban J connectivity index is 1.67. The minimum absolute atomic E-state index is 0.00466. The minimum Gasteiger partial charge on any atom is -0.408 e. The number of nitrogens with one attached hydrogen (secondary N) is 1. The van der Waals surface area contributed by atoms with Crippen LogP contribution in [0.2, 0.25) is 0 Å². The molecule has 5 heteroatoms. The number of benzene rings is 1. The zero-order valence-electron chi connectivity index (χ0n) is 13.4. The van der Waals surface area contributed by atoms with Crippen LogP contribution in [-0.4, -0.2) is 16.5 Å². The highest BCUT2D eigenvalue weighted by Crippen LogP contribution is 2.19. The van der Waals surface area contributed by atoms with E-state index in [0.717, 1.165) is 36.8 Å². The van der Waals surface area contributed by atoms with Gasteiger partial charge in [0.2, 0.25) is 5.91 Å². The van der Waals surface area contributed by atoms with Crippen LogP contribution in [0.15, 0.2) is 39.7 Å². The summed E-state index contributed by atoms with van der Waals surface area (Å²) in [6.07, 6.45) is 7.23. The van der Waals surface area contributed by atoms with E-state index in [4.69, 9.17) is 4.42 Å². The number of hydrogen-bond acceptors (Lipinski definition) is 3. The second kappa shape index (κ2) is 6.86. The molecule has 1 aromatic heterocycles. The SMILES string of the molecule is Cc1ccc(-c2cn(CC(=O)NC3CCCCC3)c(=O)o2)cc1. The molecule has 0 unspecified atom stereocenters. The van der Waals surface area contributed by atoms with Gasteiger partial charge in [0.05, 0.1) is 6.20 Å². The zero-order valence-corrected chi connectivity index (χ0v) is 13.4. The van der Waals surface area contributed by atoms with E-state index < -0.39 is 5.76 Å². The predicted molar refractivity (Wildman–Crippen MR) is 88.2 cm³/mol. The van der Waals surface area contributed by atoms with Crippen LogP contribution in [0.4, 0.5) is 0 Å². The molecular weight excluding hydrogens is 292 g/mol. The second-order valence-corrected chi connectivity index (χ2v) is 6.26. The van der Waals surface area contributed by atoms with Crippen molar-refractivity contribution in [2.45, 2.75) is 51.6 Å². The van der Waals surface area contributed by atoms with Crippen molar-refractivity contribution in [2.75, 3.05) is 0 Å². The highest BCUT2D eigenvalue weighted by molar-refractivity contribution is 5.76. The van der Waals surface area contributed by atoms with Gasteiger partial charge in [-0.3, -0.25) is 9.36 Å². The van der Waals surface area contributed by atoms with Crippen molar-refractivity contribution in [3.8, 4) is 11.3 Å². The first-order chi connectivity index (χ1) is 11.1. The van der Waals surface area contributed by atoms with Crippen LogP contribution >= 0.6 is 0 Å². The molecule has 1 amide bonds. The number of aromatic nitrogens is 1. The number of oxazole rings is 1. The summed E-state index contributed by atoms with van der Waals surface area (Å²) in [4.78, 5) is 24.0. The summed E-state index contributed by atoms with van der Waals surface area (Å²) in [7, 11) is 0. The lowest BCUT2D eigenvalue weighted by Gasteiger charge is -2.22. The van der Waals surface area contributed by atoms with E-state index in [9.17, 15) is 9.59 Å². The number of rotatable bonds is 4. The Morgan fingerprint density at radius 2 is 1.91 bits per heavy atom. The lowest BCUT2D eigenvalue weighted by molar-refractivity contribution is -0.122. The van der Waals surface area contributed by atoms with Crippen LogP contribution in [0, 0.1) is 6.92 Å². The lowest BCUT2D eigenvalue weighted by Crippen LogP contribution is -2.39. The van der Waals surface area contributed by atoms with Crippen LogP contribution in [0.1, 0.15) is 37.7 Å². The summed E-state index contributed by atoms with van der Waals surface area (Å²) in [5, 5.41) is 3.01. The van der Waals surface area contributed by atoms with E-state index >= 15 is 0 Å². The van der Waals surface area contributed by atoms with Gasteiger partial charge < -0.3 is 9.73 Å². The summed E-state index contributed by atoms with van der Waals surface area (Å²) in [6.45, 7) is 2.01. The summed E-state index contributed by atoms with van der Waals surface area (Å²) in [5.41, 5.74) is 1.97. The molecule has 5 nitrogen and oxygen atoms in total. The fourth-order valence-electron chi connectivity index (χ4n) is 3.01. The van der Waals surface area contributed by atoms with Crippen molar-refractivity contribution in [1.82, 2.24) is 9.88 Å². The molecule has 1 aromatic carbocycles. The van der Waals surface area contributed by atoms with Crippen molar-refractivity contribution in [2.24, 2.45) is 0 Å². The molecule has 2 aromatic rings. The lowest BCUT2D eigenvalue weighted by atomic mass is 9.95. The third-order valence-electron chi connectivity index (χ3n) is 4.33. The minimum atomic E-state index is -0.501. The highest BCUT2D eigenvalue weighted by atomic mass is 16.4. The highest BCUT2D eigenvalue weighted by Gasteiger charge is 2.17. The Hall–Kier alpha value is -2.30. The van der Waals surface area contributed by atoms with Gasteiger partial charge in [0.1, 0.15) is 6.54 Å². The quantitative estimate of drug-likeness (QED) is 0.944. The molecule has 0 radical (unpaired) electrons. The molecule has 0 atom stereocenters. The molecule has 1 heterocycles. The molecule has 1 fully saturated rings. The van der Waals surface area contributed by atoms with Crippen molar-refractivity contribution in [3.63, 3.8) is 0 Å². The Morgan fingerprint density at radius 1 is 1.22 bits per heavy atom. The Bertz CT molecular complexity index is 721. The van der Waals surface area contributed by atoms with E-state index in [1.54, 1.807) is 6.20 Å². The van der Waals surface area contributed by atoms with Gasteiger partial charge in [0.25, 0.3) is 0 Å². The van der Waals surface area contributed by atoms with Crippen LogP contribution in [0.3, 0.4) is 0 Å². The summed E-state index contributed by atoms with van der Waals surface area (Å²) < 4.78 is 6.59. The normalized spacial score (nSPS) is 15.5. The van der Waals surface area contributed by atoms with Crippen molar-refractivity contribution < 1.29 is 9.21 Å². The first-order valence-electron chi connectivity index (χ1n) is 8.18. The van der Waals surface area contributed by atoms with E-state index in [0.29, 0.717) is 5.76 Å². The molecular formula is C18H22N2O3. The standard InChI is InChI=1S/C18H22N2O3/c1-13-7-9-14(10-8-13)16-11-20(18(22)23-16)12-17(21)19-15-5-3-2-4-6-15/h7-11,15H,2-6,12H2,1H3,(H,19,21). The average molecular weight is 314 g/mol. The number of aryl methyl sites for hydroxylation is 1. The van der Waals surface area contributed by atoms with E-state index in [1.165, 1.54) is 11.0 Å². The maximum atomic E-state index is 12.1. The van der Waals surface area contributed by atoms with Crippen LogP contribution in [0.5, 0.6) is 0 Å². The van der Waals surface area contributed by atoms with Gasteiger partial charge in [-0.25, -0.2) is 4.79 Å². The van der Waals surface area contributed by atoms with E-state index in [2.05, 4.69) is 5.32 Å². The molecule has 0 bridgehead atoms. The first kappa shape index (κ1) is 15.6. The van der Waals surface area contributed by atoms with Gasteiger partial charge in [-0.1, -0.05) is 49.1 Å². The largest absolute Gasteiger partial charge is 0.419 e. The monoisotopic (exact) mass is 314 g/mol. The van der Waals surface area contributed by atoms with Crippen molar-refractivity contribution >= 4 is 5.91 Å². The second-order valence-electron chi connectivity index (χ2n) is 6.26. The molecule has 1 aliphatic rings. The van der Waals surface area contributed by atoms with Crippen LogP contribution in [0.25, 0.3) is 11.3 Å². The smallest absolute Gasteiger partial charge is 0.408 e. The Labute approximate surface area is 135 Å². The van der Waals surface area contributed by atoms with Crippen LogP contribution < -0.4 is 11.1 Å². The topological polar surface area (TPSA) is 64.2 Å². The predicted octanol–water partition coefficient (Wildman–Crippen LogP) is 2.87. The average Bonchev–Trinajstić information content (AvgIpc) is 2.90. The molecule has 23 heavy (non-hydrogen) atoms. The summed E-state index contributed by atoms with van der Waals surface area (Å²) >= 11 is 0. The van der Waals surface area contributed by atoms with Gasteiger partial charge in [-0.15, -0.1) is 0 Å². The molecule has 1 N–H and O–H groups in total. The summed E-state index contributed by atoms with van der Waals surface area (Å²) in [6, 6.07) is 7.97.